The monoisotopic (exact) mass is 277 g/mol. The van der Waals surface area contributed by atoms with E-state index < -0.39 is 0 Å². The Morgan fingerprint density at radius 2 is 1.57 bits per heavy atom. The highest BCUT2D eigenvalue weighted by molar-refractivity contribution is 5.32. The van der Waals surface area contributed by atoms with Crippen molar-refractivity contribution in [2.45, 2.75) is 12.1 Å². The molecule has 21 heavy (non-hydrogen) atoms. The highest BCUT2D eigenvalue weighted by Gasteiger charge is 2.30. The molecule has 1 N–H and O–H groups in total. The highest BCUT2D eigenvalue weighted by atomic mass is 15.2. The van der Waals surface area contributed by atoms with Crippen molar-refractivity contribution in [2.75, 3.05) is 19.6 Å². The summed E-state index contributed by atoms with van der Waals surface area (Å²) in [4.78, 5) is 2.31. The second-order valence-electron chi connectivity index (χ2n) is 5.31. The number of nitrogens with one attached hydrogen (secondary N) is 1. The van der Waals surface area contributed by atoms with Crippen LogP contribution in [0.4, 0.5) is 0 Å². The summed E-state index contributed by atoms with van der Waals surface area (Å²) < 4.78 is 0. The van der Waals surface area contributed by atoms with Crippen LogP contribution in [-0.4, -0.2) is 30.6 Å². The Morgan fingerprint density at radius 3 is 2.10 bits per heavy atom. The summed E-state index contributed by atoms with van der Waals surface area (Å²) in [5.41, 5.74) is 2.48. The van der Waals surface area contributed by atoms with Crippen molar-refractivity contribution in [2.24, 2.45) is 0 Å². The van der Waals surface area contributed by atoms with Gasteiger partial charge in [-0.2, -0.15) is 5.26 Å². The summed E-state index contributed by atoms with van der Waals surface area (Å²) in [6.07, 6.45) is 0. The molecule has 0 aromatic heterocycles. The fourth-order valence-electron chi connectivity index (χ4n) is 2.99. The predicted octanol–water partition coefficient (Wildman–Crippen LogP) is 2.57. The second-order valence-corrected chi connectivity index (χ2v) is 5.31. The Labute approximate surface area is 125 Å². The minimum atomic E-state index is -0.0934. The van der Waals surface area contributed by atoms with Gasteiger partial charge in [0.05, 0.1) is 12.1 Å². The molecular formula is C18H19N3. The Balaban J connectivity index is 2.02. The lowest BCUT2D eigenvalue weighted by molar-refractivity contribution is 0.158. The van der Waals surface area contributed by atoms with Crippen molar-refractivity contribution < 1.29 is 0 Å². The number of nitrogens with zero attached hydrogens (tertiary/aromatic N) is 2. The van der Waals surface area contributed by atoms with Gasteiger partial charge in [0.25, 0.3) is 0 Å². The van der Waals surface area contributed by atoms with Crippen LogP contribution in [0, 0.1) is 11.3 Å². The summed E-state index contributed by atoms with van der Waals surface area (Å²) in [6.45, 7) is 2.54. The predicted molar refractivity (Wildman–Crippen MR) is 83.7 cm³/mol. The van der Waals surface area contributed by atoms with Gasteiger partial charge in [-0.15, -0.1) is 0 Å². The zero-order chi connectivity index (χ0) is 14.5. The molecule has 0 amide bonds. The third-order valence-electron chi connectivity index (χ3n) is 4.00. The maximum atomic E-state index is 9.47. The highest BCUT2D eigenvalue weighted by Crippen LogP contribution is 2.30. The van der Waals surface area contributed by atoms with E-state index in [1.165, 1.54) is 11.1 Å². The molecule has 3 heteroatoms. The fourth-order valence-corrected chi connectivity index (χ4v) is 2.99. The molecule has 1 heterocycles. The van der Waals surface area contributed by atoms with Crippen LogP contribution in [0.2, 0.25) is 0 Å². The normalized spacial score (nSPS) is 19.3. The molecule has 1 aliphatic rings. The van der Waals surface area contributed by atoms with Crippen LogP contribution < -0.4 is 5.32 Å². The van der Waals surface area contributed by atoms with Crippen LogP contribution in [-0.2, 0) is 0 Å². The van der Waals surface area contributed by atoms with Crippen molar-refractivity contribution in [1.29, 1.82) is 5.26 Å². The average Bonchev–Trinajstić information content (AvgIpc) is 2.58. The molecule has 0 saturated carbocycles. The number of hydrogen-bond donors (Lipinski definition) is 1. The molecule has 1 aliphatic heterocycles. The summed E-state index contributed by atoms with van der Waals surface area (Å²) in [5, 5.41) is 12.8. The molecule has 2 aromatic carbocycles. The molecule has 1 atom stereocenters. The van der Waals surface area contributed by atoms with Gasteiger partial charge in [-0.1, -0.05) is 60.7 Å². The molecule has 2 aromatic rings. The van der Waals surface area contributed by atoms with Crippen LogP contribution in [0.25, 0.3) is 0 Å². The minimum absolute atomic E-state index is 0.0934. The van der Waals surface area contributed by atoms with Crippen molar-refractivity contribution in [1.82, 2.24) is 10.2 Å². The van der Waals surface area contributed by atoms with Gasteiger partial charge in [-0.05, 0) is 11.1 Å². The van der Waals surface area contributed by atoms with E-state index in [4.69, 9.17) is 0 Å². The maximum absolute atomic E-state index is 9.47. The lowest BCUT2D eigenvalue weighted by atomic mass is 9.95. The Kier molecular flexibility index (Phi) is 4.30. The molecule has 0 bridgehead atoms. The standard InChI is InChI=1S/C18H19N3/c19-13-17-14-20-11-12-21(17)18(15-7-3-1-4-8-15)16-9-5-2-6-10-16/h1-10,17-18,20H,11-12,14H2. The van der Waals surface area contributed by atoms with Crippen LogP contribution in [0.1, 0.15) is 17.2 Å². The van der Waals surface area contributed by atoms with Crippen LogP contribution in [0.3, 0.4) is 0 Å². The van der Waals surface area contributed by atoms with Gasteiger partial charge in [0, 0.05) is 19.6 Å². The van der Waals surface area contributed by atoms with Gasteiger partial charge in [0.1, 0.15) is 6.04 Å². The van der Waals surface area contributed by atoms with Crippen molar-refractivity contribution in [3.63, 3.8) is 0 Å². The lowest BCUT2D eigenvalue weighted by Gasteiger charge is -2.38. The Morgan fingerprint density at radius 1 is 1.00 bits per heavy atom. The topological polar surface area (TPSA) is 39.1 Å². The van der Waals surface area contributed by atoms with Gasteiger partial charge < -0.3 is 5.32 Å². The molecule has 0 radical (unpaired) electrons. The molecular weight excluding hydrogens is 258 g/mol. The Hall–Kier alpha value is -2.15. The van der Waals surface area contributed by atoms with E-state index in [9.17, 15) is 5.26 Å². The van der Waals surface area contributed by atoms with Gasteiger partial charge >= 0.3 is 0 Å². The molecule has 3 nitrogen and oxygen atoms in total. The first-order valence-electron chi connectivity index (χ1n) is 7.36. The third kappa shape index (κ3) is 2.97. The first-order valence-corrected chi connectivity index (χ1v) is 7.36. The Bertz CT molecular complexity index is 564. The van der Waals surface area contributed by atoms with E-state index in [1.54, 1.807) is 0 Å². The summed E-state index contributed by atoms with van der Waals surface area (Å²) in [6, 6.07) is 23.4. The van der Waals surface area contributed by atoms with Crippen LogP contribution in [0.15, 0.2) is 60.7 Å². The largest absolute Gasteiger partial charge is 0.313 e. The quantitative estimate of drug-likeness (QED) is 0.937. The summed E-state index contributed by atoms with van der Waals surface area (Å²) in [5.74, 6) is 0. The van der Waals surface area contributed by atoms with E-state index in [0.717, 1.165) is 19.6 Å². The molecule has 0 aliphatic carbocycles. The molecule has 1 unspecified atom stereocenters. The fraction of sp³-hybridized carbons (Fsp3) is 0.278. The van der Waals surface area contributed by atoms with E-state index in [0.29, 0.717) is 0 Å². The smallest absolute Gasteiger partial charge is 0.111 e. The second kappa shape index (κ2) is 6.53. The number of piperazine rings is 1. The van der Waals surface area contributed by atoms with Crippen molar-refractivity contribution in [3.05, 3.63) is 71.8 Å². The first-order chi connectivity index (χ1) is 10.4. The van der Waals surface area contributed by atoms with Crippen molar-refractivity contribution >= 4 is 0 Å². The summed E-state index contributed by atoms with van der Waals surface area (Å²) >= 11 is 0. The van der Waals surface area contributed by atoms with Crippen LogP contribution >= 0.6 is 0 Å². The van der Waals surface area contributed by atoms with Crippen LogP contribution in [0.5, 0.6) is 0 Å². The minimum Gasteiger partial charge on any atom is -0.313 e. The number of benzene rings is 2. The zero-order valence-corrected chi connectivity index (χ0v) is 11.9. The number of rotatable bonds is 3. The van der Waals surface area contributed by atoms with Gasteiger partial charge in [0.15, 0.2) is 0 Å². The van der Waals surface area contributed by atoms with E-state index in [1.807, 2.05) is 12.1 Å². The maximum Gasteiger partial charge on any atom is 0.111 e. The van der Waals surface area contributed by atoms with Gasteiger partial charge in [0.2, 0.25) is 0 Å². The molecule has 1 fully saturated rings. The van der Waals surface area contributed by atoms with E-state index in [-0.39, 0.29) is 12.1 Å². The van der Waals surface area contributed by atoms with E-state index in [2.05, 4.69) is 64.8 Å². The first kappa shape index (κ1) is 13.8. The lowest BCUT2D eigenvalue weighted by Crippen LogP contribution is -2.52. The third-order valence-corrected chi connectivity index (χ3v) is 4.00. The van der Waals surface area contributed by atoms with Crippen molar-refractivity contribution in [3.8, 4) is 6.07 Å². The molecule has 3 rings (SSSR count). The average molecular weight is 277 g/mol. The summed E-state index contributed by atoms with van der Waals surface area (Å²) in [7, 11) is 0. The molecule has 0 spiro atoms. The van der Waals surface area contributed by atoms with E-state index >= 15 is 0 Å². The zero-order valence-electron chi connectivity index (χ0n) is 11.9. The SMILES string of the molecule is N#CC1CNCCN1C(c1ccccc1)c1ccccc1. The molecule has 1 saturated heterocycles. The number of nitriles is 1. The van der Waals surface area contributed by atoms with Gasteiger partial charge in [-0.3, -0.25) is 4.90 Å². The number of hydrogen-bond acceptors (Lipinski definition) is 3. The van der Waals surface area contributed by atoms with Gasteiger partial charge in [-0.25, -0.2) is 0 Å². The molecule has 106 valence electrons.